The van der Waals surface area contributed by atoms with Gasteiger partial charge in [-0.15, -0.1) is 0 Å². The Balaban J connectivity index is 2.15. The second kappa shape index (κ2) is 4.76. The quantitative estimate of drug-likeness (QED) is 0.513. The van der Waals surface area contributed by atoms with Crippen molar-refractivity contribution in [2.75, 3.05) is 0 Å². The Bertz CT molecular complexity index is 68.1. The second-order valence-electron chi connectivity index (χ2n) is 3.40. The maximum Gasteiger partial charge on any atom is -0.0357 e. The minimum atomic E-state index is 0.965. The summed E-state index contributed by atoms with van der Waals surface area (Å²) in [7, 11) is 0. The summed E-state index contributed by atoms with van der Waals surface area (Å²) in [6.07, 6.45) is 12.6. The fourth-order valence-corrected chi connectivity index (χ4v) is 1.88. The third-order valence-electron chi connectivity index (χ3n) is 2.47. The van der Waals surface area contributed by atoms with Gasteiger partial charge in [0.05, 0.1) is 0 Å². The van der Waals surface area contributed by atoms with Crippen LogP contribution in [0, 0.1) is 12.3 Å². The largest absolute Gasteiger partial charge is 0.0651 e. The third-order valence-corrected chi connectivity index (χ3v) is 2.47. The zero-order valence-corrected chi connectivity index (χ0v) is 7.10. The molecule has 0 heteroatoms. The molecular formula is C10H19. The molecule has 0 unspecified atom stereocenters. The fraction of sp³-hybridized carbons (Fsp3) is 0.900. The van der Waals surface area contributed by atoms with Crippen LogP contribution in [0.4, 0.5) is 0 Å². The molecule has 1 saturated carbocycles. The minimum Gasteiger partial charge on any atom is -0.0651 e. The van der Waals surface area contributed by atoms with Crippen molar-refractivity contribution in [3.05, 3.63) is 6.42 Å². The highest BCUT2D eigenvalue weighted by Crippen LogP contribution is 2.25. The molecule has 0 spiro atoms. The first kappa shape index (κ1) is 8.10. The average Bonchev–Trinajstić information content (AvgIpc) is 2.17. The van der Waals surface area contributed by atoms with Crippen LogP contribution in [0.25, 0.3) is 0 Å². The van der Waals surface area contributed by atoms with E-state index in [-0.39, 0.29) is 0 Å². The van der Waals surface area contributed by atoms with E-state index >= 15 is 0 Å². The van der Waals surface area contributed by atoms with Crippen LogP contribution in [-0.2, 0) is 0 Å². The van der Waals surface area contributed by atoms with E-state index in [1.54, 1.807) is 0 Å². The van der Waals surface area contributed by atoms with E-state index in [4.69, 9.17) is 0 Å². The Kier molecular flexibility index (Phi) is 3.86. The molecular weight excluding hydrogens is 120 g/mol. The first-order valence-electron chi connectivity index (χ1n) is 4.77. The van der Waals surface area contributed by atoms with Gasteiger partial charge in [-0.3, -0.25) is 0 Å². The molecule has 59 valence electrons. The standard InChI is InChI=1S/C10H19/c1-2-7-10-8-5-3-4-6-9-10/h7,10H,2-6,8-9H2,1H3. The summed E-state index contributed by atoms with van der Waals surface area (Å²) < 4.78 is 0. The maximum absolute atomic E-state index is 2.51. The van der Waals surface area contributed by atoms with Gasteiger partial charge >= 0.3 is 0 Å². The lowest BCUT2D eigenvalue weighted by Crippen LogP contribution is -1.97. The predicted octanol–water partition coefficient (Wildman–Crippen LogP) is 3.57. The Morgan fingerprint density at radius 3 is 2.20 bits per heavy atom. The van der Waals surface area contributed by atoms with Crippen molar-refractivity contribution in [3.63, 3.8) is 0 Å². The monoisotopic (exact) mass is 139 g/mol. The zero-order valence-electron chi connectivity index (χ0n) is 7.10. The molecule has 0 bridgehead atoms. The van der Waals surface area contributed by atoms with Crippen LogP contribution in [0.2, 0.25) is 0 Å². The molecule has 1 radical (unpaired) electrons. The number of hydrogen-bond donors (Lipinski definition) is 0. The Morgan fingerprint density at radius 2 is 1.70 bits per heavy atom. The van der Waals surface area contributed by atoms with Crippen LogP contribution in [0.5, 0.6) is 0 Å². The van der Waals surface area contributed by atoms with Crippen molar-refractivity contribution >= 4 is 0 Å². The highest BCUT2D eigenvalue weighted by atomic mass is 14.2. The fourth-order valence-electron chi connectivity index (χ4n) is 1.88. The van der Waals surface area contributed by atoms with Crippen molar-refractivity contribution in [2.45, 2.75) is 51.9 Å². The molecule has 0 aliphatic heterocycles. The molecule has 0 saturated heterocycles. The van der Waals surface area contributed by atoms with E-state index in [0.717, 1.165) is 5.92 Å². The topological polar surface area (TPSA) is 0 Å². The average molecular weight is 139 g/mol. The first-order valence-corrected chi connectivity index (χ1v) is 4.77. The van der Waals surface area contributed by atoms with Crippen LogP contribution in [0.15, 0.2) is 0 Å². The molecule has 1 rings (SSSR count). The summed E-state index contributed by atoms with van der Waals surface area (Å²) in [5.74, 6) is 0.965. The number of rotatable bonds is 2. The molecule has 1 fully saturated rings. The lowest BCUT2D eigenvalue weighted by molar-refractivity contribution is 0.511. The van der Waals surface area contributed by atoms with Gasteiger partial charge in [0.1, 0.15) is 0 Å². The molecule has 1 aliphatic carbocycles. The van der Waals surface area contributed by atoms with Crippen molar-refractivity contribution in [3.8, 4) is 0 Å². The van der Waals surface area contributed by atoms with Crippen molar-refractivity contribution in [1.29, 1.82) is 0 Å². The zero-order chi connectivity index (χ0) is 7.23. The van der Waals surface area contributed by atoms with Crippen LogP contribution in [-0.4, -0.2) is 0 Å². The van der Waals surface area contributed by atoms with Crippen molar-refractivity contribution in [1.82, 2.24) is 0 Å². The van der Waals surface area contributed by atoms with Gasteiger partial charge in [0.25, 0.3) is 0 Å². The highest BCUT2D eigenvalue weighted by Gasteiger charge is 2.10. The summed E-state index contributed by atoms with van der Waals surface area (Å²) in [5.41, 5.74) is 0. The van der Waals surface area contributed by atoms with E-state index in [1.807, 2.05) is 0 Å². The Hall–Kier alpha value is 0. The Labute approximate surface area is 65.0 Å². The molecule has 10 heavy (non-hydrogen) atoms. The molecule has 0 heterocycles. The van der Waals surface area contributed by atoms with E-state index in [0.29, 0.717) is 0 Å². The SMILES string of the molecule is CC[CH]C1CCCCCC1. The summed E-state index contributed by atoms with van der Waals surface area (Å²) in [6.45, 7) is 2.25. The van der Waals surface area contributed by atoms with Gasteiger partial charge in [-0.1, -0.05) is 51.9 Å². The number of hydrogen-bond acceptors (Lipinski definition) is 0. The molecule has 0 atom stereocenters. The maximum atomic E-state index is 2.51. The van der Waals surface area contributed by atoms with E-state index in [2.05, 4.69) is 13.3 Å². The Morgan fingerprint density at radius 1 is 1.10 bits per heavy atom. The third kappa shape index (κ3) is 2.72. The van der Waals surface area contributed by atoms with Gasteiger partial charge in [0, 0.05) is 0 Å². The van der Waals surface area contributed by atoms with Gasteiger partial charge in [-0.2, -0.15) is 0 Å². The van der Waals surface area contributed by atoms with Crippen LogP contribution >= 0.6 is 0 Å². The molecule has 0 nitrogen and oxygen atoms in total. The van der Waals surface area contributed by atoms with Gasteiger partial charge in [0.2, 0.25) is 0 Å². The van der Waals surface area contributed by atoms with E-state index in [1.165, 1.54) is 44.9 Å². The molecule has 0 N–H and O–H groups in total. The van der Waals surface area contributed by atoms with Gasteiger partial charge in [0.15, 0.2) is 0 Å². The molecule has 0 aromatic rings. The van der Waals surface area contributed by atoms with Crippen LogP contribution < -0.4 is 0 Å². The van der Waals surface area contributed by atoms with Gasteiger partial charge in [-0.05, 0) is 12.3 Å². The summed E-state index contributed by atoms with van der Waals surface area (Å²) in [5, 5.41) is 0. The lowest BCUT2D eigenvalue weighted by atomic mass is 9.96. The summed E-state index contributed by atoms with van der Waals surface area (Å²) >= 11 is 0. The van der Waals surface area contributed by atoms with Crippen molar-refractivity contribution in [2.24, 2.45) is 5.92 Å². The molecule has 0 aromatic heterocycles. The van der Waals surface area contributed by atoms with Gasteiger partial charge < -0.3 is 0 Å². The van der Waals surface area contributed by atoms with Crippen molar-refractivity contribution < 1.29 is 0 Å². The van der Waals surface area contributed by atoms with E-state index < -0.39 is 0 Å². The molecule has 0 amide bonds. The normalized spacial score (nSPS) is 22.5. The first-order chi connectivity index (χ1) is 4.93. The minimum absolute atomic E-state index is 0.965. The smallest absolute Gasteiger partial charge is 0.0357 e. The lowest BCUT2D eigenvalue weighted by Gasteiger charge is -2.10. The molecule has 1 aliphatic rings. The molecule has 0 aromatic carbocycles. The predicted molar refractivity (Wildman–Crippen MR) is 45.8 cm³/mol. The van der Waals surface area contributed by atoms with Gasteiger partial charge in [-0.25, -0.2) is 0 Å². The van der Waals surface area contributed by atoms with Crippen LogP contribution in [0.3, 0.4) is 0 Å². The highest BCUT2D eigenvalue weighted by molar-refractivity contribution is 4.76. The van der Waals surface area contributed by atoms with Crippen LogP contribution in [0.1, 0.15) is 51.9 Å². The second-order valence-corrected chi connectivity index (χ2v) is 3.40. The summed E-state index contributed by atoms with van der Waals surface area (Å²) in [6, 6.07) is 0. The summed E-state index contributed by atoms with van der Waals surface area (Å²) in [4.78, 5) is 0. The van der Waals surface area contributed by atoms with E-state index in [9.17, 15) is 0 Å².